The maximum absolute atomic E-state index is 14.3. The van der Waals surface area contributed by atoms with Crippen LogP contribution in [0.1, 0.15) is 36.1 Å². The third kappa shape index (κ3) is 5.72. The number of aromatic nitrogens is 1. The molecule has 8 heteroatoms. The van der Waals surface area contributed by atoms with Crippen LogP contribution < -0.4 is 9.64 Å². The highest BCUT2D eigenvalue weighted by atomic mass is 32.2. The molecule has 3 heterocycles. The molecular weight excluding hydrogens is 530 g/mol. The van der Waals surface area contributed by atoms with Gasteiger partial charge < -0.3 is 9.64 Å². The number of halogens is 2. The van der Waals surface area contributed by atoms with E-state index in [4.69, 9.17) is 4.74 Å². The highest BCUT2D eigenvalue weighted by molar-refractivity contribution is 7.89. The monoisotopic (exact) mass is 560 g/mol. The standard InChI is InChI=1S/C32H30F2N2O3S/c33-27-9-10-29(34)30(20-27)36-17-14-32(15-18-36)13-12-26-19-25(8-11-31(26)39-32)24-6-4-23(5-7-24)21-40(37,38)22-28-3-1-2-16-35-28/h1-11,16,19-20H,12-15,17-18,21-22H2. The largest absolute Gasteiger partial charge is 0.487 e. The van der Waals surface area contributed by atoms with E-state index in [2.05, 4.69) is 11.1 Å². The molecule has 1 fully saturated rings. The summed E-state index contributed by atoms with van der Waals surface area (Å²) >= 11 is 0. The van der Waals surface area contributed by atoms with E-state index in [1.165, 1.54) is 12.1 Å². The average Bonchev–Trinajstić information content (AvgIpc) is 2.95. The molecule has 3 aromatic carbocycles. The van der Waals surface area contributed by atoms with E-state index in [9.17, 15) is 17.2 Å². The molecule has 1 spiro atoms. The average molecular weight is 561 g/mol. The number of ether oxygens (including phenoxy) is 1. The van der Waals surface area contributed by atoms with Gasteiger partial charge in [-0.2, -0.15) is 0 Å². The molecule has 0 atom stereocenters. The Morgan fingerprint density at radius 2 is 1.62 bits per heavy atom. The SMILES string of the molecule is O=S(=O)(Cc1ccc(-c2ccc3c(c2)CCC2(CCN(c4cc(F)ccc4F)CC2)O3)cc1)Cc1ccccn1. The van der Waals surface area contributed by atoms with Crippen LogP contribution in [0.5, 0.6) is 5.75 Å². The van der Waals surface area contributed by atoms with Crippen LogP contribution in [0.25, 0.3) is 11.1 Å². The lowest BCUT2D eigenvalue weighted by Gasteiger charge is -2.45. The summed E-state index contributed by atoms with van der Waals surface area (Å²) in [5.41, 5.74) is 4.51. The maximum Gasteiger partial charge on any atom is 0.160 e. The van der Waals surface area contributed by atoms with E-state index >= 15 is 0 Å². The summed E-state index contributed by atoms with van der Waals surface area (Å²) < 4.78 is 59.8. The number of sulfone groups is 1. The fourth-order valence-corrected chi connectivity index (χ4v) is 7.17. The Labute approximate surface area is 233 Å². The zero-order valence-corrected chi connectivity index (χ0v) is 22.8. The Bertz CT molecular complexity index is 1620. The topological polar surface area (TPSA) is 59.5 Å². The van der Waals surface area contributed by atoms with Crippen LogP contribution in [0.15, 0.2) is 85.1 Å². The van der Waals surface area contributed by atoms with Gasteiger partial charge >= 0.3 is 0 Å². The van der Waals surface area contributed by atoms with Crippen molar-refractivity contribution in [2.75, 3.05) is 18.0 Å². The zero-order chi connectivity index (χ0) is 27.7. The van der Waals surface area contributed by atoms with Gasteiger partial charge in [0.25, 0.3) is 0 Å². The molecular formula is C32H30F2N2O3S. The summed E-state index contributed by atoms with van der Waals surface area (Å²) in [7, 11) is -3.33. The Morgan fingerprint density at radius 3 is 2.38 bits per heavy atom. The van der Waals surface area contributed by atoms with Gasteiger partial charge in [-0.3, -0.25) is 4.98 Å². The van der Waals surface area contributed by atoms with Crippen molar-refractivity contribution < 1.29 is 21.9 Å². The number of nitrogens with zero attached hydrogens (tertiary/aromatic N) is 2. The predicted molar refractivity (Wildman–Crippen MR) is 152 cm³/mol. The molecule has 2 aliphatic rings. The second-order valence-corrected chi connectivity index (χ2v) is 12.8. The van der Waals surface area contributed by atoms with Gasteiger partial charge in [0.15, 0.2) is 9.84 Å². The van der Waals surface area contributed by atoms with E-state index in [1.807, 2.05) is 41.3 Å². The van der Waals surface area contributed by atoms with Crippen molar-refractivity contribution in [3.63, 3.8) is 0 Å². The van der Waals surface area contributed by atoms with Crippen LogP contribution in [0.2, 0.25) is 0 Å². The minimum atomic E-state index is -3.33. The molecule has 0 aliphatic carbocycles. The van der Waals surface area contributed by atoms with Gasteiger partial charge in [-0.1, -0.05) is 36.4 Å². The van der Waals surface area contributed by atoms with Crippen molar-refractivity contribution in [2.24, 2.45) is 0 Å². The van der Waals surface area contributed by atoms with Gasteiger partial charge in [0.2, 0.25) is 0 Å². The molecule has 6 rings (SSSR count). The summed E-state index contributed by atoms with van der Waals surface area (Å²) in [5, 5.41) is 0. The van der Waals surface area contributed by atoms with Gasteiger partial charge in [-0.25, -0.2) is 17.2 Å². The summed E-state index contributed by atoms with van der Waals surface area (Å²) in [5.74, 6) is -0.0818. The predicted octanol–water partition coefficient (Wildman–Crippen LogP) is 6.51. The molecule has 0 amide bonds. The molecule has 1 aromatic heterocycles. The molecule has 2 aliphatic heterocycles. The molecule has 40 heavy (non-hydrogen) atoms. The number of pyridine rings is 1. The van der Waals surface area contributed by atoms with Gasteiger partial charge in [0.05, 0.1) is 22.9 Å². The molecule has 0 N–H and O–H groups in total. The molecule has 1 saturated heterocycles. The summed E-state index contributed by atoms with van der Waals surface area (Å²) in [6.07, 6.45) is 4.84. The van der Waals surface area contributed by atoms with E-state index in [-0.39, 0.29) is 17.1 Å². The number of hydrogen-bond acceptors (Lipinski definition) is 5. The second-order valence-electron chi connectivity index (χ2n) is 10.7. The summed E-state index contributed by atoms with van der Waals surface area (Å²) in [4.78, 5) is 6.03. The molecule has 4 aromatic rings. The zero-order valence-electron chi connectivity index (χ0n) is 22.0. The van der Waals surface area contributed by atoms with E-state index in [0.717, 1.165) is 59.8 Å². The van der Waals surface area contributed by atoms with Crippen molar-refractivity contribution >= 4 is 15.5 Å². The smallest absolute Gasteiger partial charge is 0.160 e. The van der Waals surface area contributed by atoms with Crippen molar-refractivity contribution in [3.8, 4) is 16.9 Å². The first-order chi connectivity index (χ1) is 19.3. The summed E-state index contributed by atoms with van der Waals surface area (Å²) in [6, 6.07) is 22.7. The molecule has 0 saturated carbocycles. The lowest BCUT2D eigenvalue weighted by atomic mass is 9.82. The van der Waals surface area contributed by atoms with Gasteiger partial charge in [-0.15, -0.1) is 0 Å². The fourth-order valence-electron chi connectivity index (χ4n) is 5.74. The Morgan fingerprint density at radius 1 is 0.850 bits per heavy atom. The first-order valence-electron chi connectivity index (χ1n) is 13.5. The Kier molecular flexibility index (Phi) is 7.04. The Balaban J connectivity index is 1.10. The van der Waals surface area contributed by atoms with Gasteiger partial charge in [-0.05, 0) is 71.5 Å². The maximum atomic E-state index is 14.3. The number of anilines is 1. The normalized spacial score (nSPS) is 16.4. The molecule has 0 unspecified atom stereocenters. The van der Waals surface area contributed by atoms with Crippen LogP contribution in [0.4, 0.5) is 14.5 Å². The number of benzene rings is 3. The molecule has 206 valence electrons. The van der Waals surface area contributed by atoms with Gasteiger partial charge in [0, 0.05) is 38.2 Å². The molecule has 0 bridgehead atoms. The number of fused-ring (bicyclic) bond motifs is 1. The van der Waals surface area contributed by atoms with Crippen molar-refractivity contribution in [1.29, 1.82) is 0 Å². The minimum absolute atomic E-state index is 0.0345. The minimum Gasteiger partial charge on any atom is -0.487 e. The fraction of sp³-hybridized carbons (Fsp3) is 0.281. The van der Waals surface area contributed by atoms with E-state index in [1.54, 1.807) is 24.4 Å². The van der Waals surface area contributed by atoms with Crippen molar-refractivity contribution in [1.82, 2.24) is 4.98 Å². The first-order valence-corrected chi connectivity index (χ1v) is 15.3. The Hall–Kier alpha value is -3.78. The van der Waals surface area contributed by atoms with Gasteiger partial charge in [0.1, 0.15) is 23.0 Å². The van der Waals surface area contributed by atoms with Crippen LogP contribution in [0.3, 0.4) is 0 Å². The third-order valence-electron chi connectivity index (χ3n) is 7.93. The number of rotatable bonds is 6. The second kappa shape index (κ2) is 10.7. The van der Waals surface area contributed by atoms with Crippen LogP contribution >= 0.6 is 0 Å². The summed E-state index contributed by atoms with van der Waals surface area (Å²) in [6.45, 7) is 1.22. The number of hydrogen-bond donors (Lipinski definition) is 0. The highest BCUT2D eigenvalue weighted by Crippen LogP contribution is 2.41. The molecule has 0 radical (unpaired) electrons. The number of piperidine rings is 1. The first kappa shape index (κ1) is 26.4. The molecule has 5 nitrogen and oxygen atoms in total. The lowest BCUT2D eigenvalue weighted by molar-refractivity contribution is 0.0225. The quantitative estimate of drug-likeness (QED) is 0.269. The number of aryl methyl sites for hydroxylation is 1. The van der Waals surface area contributed by atoms with E-state index in [0.29, 0.717) is 24.5 Å². The van der Waals surface area contributed by atoms with Crippen LogP contribution in [0, 0.1) is 11.6 Å². The third-order valence-corrected chi connectivity index (χ3v) is 9.44. The van der Waals surface area contributed by atoms with Crippen molar-refractivity contribution in [3.05, 3.63) is 114 Å². The lowest BCUT2D eigenvalue weighted by Crippen LogP contribution is -2.50. The van der Waals surface area contributed by atoms with Crippen molar-refractivity contribution in [2.45, 2.75) is 42.8 Å². The van der Waals surface area contributed by atoms with Crippen LogP contribution in [-0.4, -0.2) is 32.1 Å². The highest BCUT2D eigenvalue weighted by Gasteiger charge is 2.40. The van der Waals surface area contributed by atoms with E-state index < -0.39 is 21.5 Å². The van der Waals surface area contributed by atoms with Crippen LogP contribution in [-0.2, 0) is 27.8 Å².